The van der Waals surface area contributed by atoms with Crippen LogP contribution < -0.4 is 10.7 Å². The van der Waals surface area contributed by atoms with Crippen LogP contribution in [0.1, 0.15) is 0 Å². The van der Waals surface area contributed by atoms with E-state index in [2.05, 4.69) is 15.7 Å². The smallest absolute Gasteiger partial charge is 0.306 e. The second-order valence-corrected chi connectivity index (χ2v) is 4.18. The Balaban J connectivity index is 1.76. The number of benzene rings is 2. The molecule has 6 heteroatoms. The SMILES string of the molecule is O=C(Nc1cccc(F)c1)Nn1cnc2ccccc21. The molecule has 0 spiro atoms. The Morgan fingerprint density at radius 2 is 2.00 bits per heavy atom. The fourth-order valence-electron chi connectivity index (χ4n) is 1.88. The summed E-state index contributed by atoms with van der Waals surface area (Å²) in [5.74, 6) is -0.407. The van der Waals surface area contributed by atoms with Gasteiger partial charge in [-0.2, -0.15) is 0 Å². The van der Waals surface area contributed by atoms with Gasteiger partial charge in [-0.1, -0.05) is 18.2 Å². The molecule has 0 aliphatic rings. The zero-order valence-electron chi connectivity index (χ0n) is 10.4. The summed E-state index contributed by atoms with van der Waals surface area (Å²) in [6, 6.07) is 12.6. The average Bonchev–Trinajstić information content (AvgIpc) is 2.82. The van der Waals surface area contributed by atoms with Crippen molar-refractivity contribution < 1.29 is 9.18 Å². The van der Waals surface area contributed by atoms with Gasteiger partial charge in [0.05, 0.1) is 11.0 Å². The van der Waals surface area contributed by atoms with E-state index in [1.807, 2.05) is 24.3 Å². The summed E-state index contributed by atoms with van der Waals surface area (Å²) in [5, 5.41) is 2.55. The van der Waals surface area contributed by atoms with E-state index in [0.29, 0.717) is 5.69 Å². The molecule has 0 aliphatic heterocycles. The van der Waals surface area contributed by atoms with Crippen LogP contribution in [0.25, 0.3) is 11.0 Å². The number of nitrogens with one attached hydrogen (secondary N) is 2. The molecule has 3 aromatic rings. The second-order valence-electron chi connectivity index (χ2n) is 4.18. The molecule has 0 atom stereocenters. The molecule has 100 valence electrons. The van der Waals surface area contributed by atoms with Gasteiger partial charge in [-0.3, -0.25) is 0 Å². The fourth-order valence-corrected chi connectivity index (χ4v) is 1.88. The highest BCUT2D eigenvalue weighted by molar-refractivity contribution is 5.96. The zero-order chi connectivity index (χ0) is 13.9. The minimum Gasteiger partial charge on any atom is -0.306 e. The first kappa shape index (κ1) is 12.2. The molecule has 20 heavy (non-hydrogen) atoms. The summed E-state index contributed by atoms with van der Waals surface area (Å²) in [6.45, 7) is 0. The van der Waals surface area contributed by atoms with Crippen molar-refractivity contribution in [3.05, 3.63) is 60.7 Å². The van der Waals surface area contributed by atoms with Crippen molar-refractivity contribution in [2.24, 2.45) is 0 Å². The van der Waals surface area contributed by atoms with Crippen LogP contribution in [-0.4, -0.2) is 15.7 Å². The highest BCUT2D eigenvalue weighted by atomic mass is 19.1. The van der Waals surface area contributed by atoms with Gasteiger partial charge in [0.2, 0.25) is 0 Å². The number of rotatable bonds is 2. The van der Waals surface area contributed by atoms with Crippen LogP contribution in [0.5, 0.6) is 0 Å². The van der Waals surface area contributed by atoms with Gasteiger partial charge in [-0.05, 0) is 30.3 Å². The van der Waals surface area contributed by atoms with Gasteiger partial charge >= 0.3 is 6.03 Å². The third-order valence-electron chi connectivity index (χ3n) is 2.76. The largest absolute Gasteiger partial charge is 0.338 e. The maximum Gasteiger partial charge on any atom is 0.338 e. The van der Waals surface area contributed by atoms with Crippen molar-refractivity contribution in [3.8, 4) is 0 Å². The average molecular weight is 270 g/mol. The van der Waals surface area contributed by atoms with Crippen molar-refractivity contribution in [2.75, 3.05) is 10.7 Å². The Morgan fingerprint density at radius 3 is 2.85 bits per heavy atom. The van der Waals surface area contributed by atoms with Gasteiger partial charge < -0.3 is 5.32 Å². The number of hydrogen-bond donors (Lipinski definition) is 2. The first-order valence-corrected chi connectivity index (χ1v) is 5.98. The molecule has 0 saturated heterocycles. The number of nitrogens with zero attached hydrogens (tertiary/aromatic N) is 2. The monoisotopic (exact) mass is 270 g/mol. The molecular weight excluding hydrogens is 259 g/mol. The minimum absolute atomic E-state index is 0.381. The summed E-state index contributed by atoms with van der Waals surface area (Å²) in [5.41, 5.74) is 4.55. The van der Waals surface area contributed by atoms with Crippen LogP contribution >= 0.6 is 0 Å². The van der Waals surface area contributed by atoms with E-state index in [4.69, 9.17) is 0 Å². The second kappa shape index (κ2) is 5.00. The Morgan fingerprint density at radius 1 is 1.15 bits per heavy atom. The summed E-state index contributed by atoms with van der Waals surface area (Å²) < 4.78 is 14.5. The molecule has 0 radical (unpaired) electrons. The lowest BCUT2D eigenvalue weighted by Crippen LogP contribution is -2.27. The number of halogens is 1. The lowest BCUT2D eigenvalue weighted by atomic mass is 10.3. The van der Waals surface area contributed by atoms with E-state index >= 15 is 0 Å². The predicted octanol–water partition coefficient (Wildman–Crippen LogP) is 2.95. The summed E-state index contributed by atoms with van der Waals surface area (Å²) in [4.78, 5) is 16.0. The van der Waals surface area contributed by atoms with Gasteiger partial charge in [-0.25, -0.2) is 24.3 Å². The van der Waals surface area contributed by atoms with Gasteiger partial charge in [0.25, 0.3) is 0 Å². The highest BCUT2D eigenvalue weighted by Crippen LogP contribution is 2.11. The van der Waals surface area contributed by atoms with Crippen molar-refractivity contribution in [1.82, 2.24) is 9.66 Å². The summed E-state index contributed by atoms with van der Waals surface area (Å²) >= 11 is 0. The molecular formula is C14H11FN4O. The Labute approximate surface area is 114 Å². The van der Waals surface area contributed by atoms with E-state index in [1.165, 1.54) is 29.2 Å². The Kier molecular flexibility index (Phi) is 3.04. The summed E-state index contributed by atoms with van der Waals surface area (Å²) in [6.07, 6.45) is 1.51. The van der Waals surface area contributed by atoms with Crippen molar-refractivity contribution in [1.29, 1.82) is 0 Å². The molecule has 5 nitrogen and oxygen atoms in total. The quantitative estimate of drug-likeness (QED) is 0.752. The van der Waals surface area contributed by atoms with Crippen LogP contribution in [0.15, 0.2) is 54.9 Å². The number of amides is 2. The number of hydrogen-bond acceptors (Lipinski definition) is 2. The van der Waals surface area contributed by atoms with Gasteiger partial charge in [0.1, 0.15) is 12.1 Å². The fraction of sp³-hybridized carbons (Fsp3) is 0. The van der Waals surface area contributed by atoms with Crippen molar-refractivity contribution >= 4 is 22.8 Å². The maximum absolute atomic E-state index is 13.0. The number of anilines is 1. The Hall–Kier alpha value is -2.89. The molecule has 2 amide bonds. The van der Waals surface area contributed by atoms with Crippen LogP contribution in [0.2, 0.25) is 0 Å². The van der Waals surface area contributed by atoms with Crippen LogP contribution in [0, 0.1) is 5.82 Å². The number of para-hydroxylation sites is 2. The normalized spacial score (nSPS) is 10.4. The van der Waals surface area contributed by atoms with Crippen molar-refractivity contribution in [2.45, 2.75) is 0 Å². The molecule has 0 fully saturated rings. The number of carbonyl (C=O) groups is 1. The predicted molar refractivity (Wildman–Crippen MR) is 74.5 cm³/mol. The molecule has 0 unspecified atom stereocenters. The number of fused-ring (bicyclic) bond motifs is 1. The summed E-state index contributed by atoms with van der Waals surface area (Å²) in [7, 11) is 0. The molecule has 1 heterocycles. The molecule has 0 bridgehead atoms. The Bertz CT molecular complexity index is 768. The first-order valence-electron chi connectivity index (χ1n) is 5.98. The highest BCUT2D eigenvalue weighted by Gasteiger charge is 2.06. The maximum atomic E-state index is 13.0. The lowest BCUT2D eigenvalue weighted by Gasteiger charge is -2.08. The molecule has 3 rings (SSSR count). The topological polar surface area (TPSA) is 59.0 Å². The van der Waals surface area contributed by atoms with Gasteiger partial charge in [0, 0.05) is 5.69 Å². The zero-order valence-corrected chi connectivity index (χ0v) is 10.4. The number of imidazole rings is 1. The number of carbonyl (C=O) groups excluding carboxylic acids is 1. The van der Waals surface area contributed by atoms with Crippen molar-refractivity contribution in [3.63, 3.8) is 0 Å². The number of aromatic nitrogens is 2. The van der Waals surface area contributed by atoms with E-state index in [0.717, 1.165) is 11.0 Å². The van der Waals surface area contributed by atoms with E-state index in [1.54, 1.807) is 6.07 Å². The molecule has 0 saturated carbocycles. The van der Waals surface area contributed by atoms with Crippen LogP contribution in [0.4, 0.5) is 14.9 Å². The first-order chi connectivity index (χ1) is 9.72. The van der Waals surface area contributed by atoms with Gasteiger partial charge in [0.15, 0.2) is 0 Å². The number of urea groups is 1. The standard InChI is InChI=1S/C14H11FN4O/c15-10-4-3-5-11(8-10)17-14(20)18-19-9-16-12-6-1-2-7-13(12)19/h1-9H,(H2,17,18,20). The lowest BCUT2D eigenvalue weighted by molar-refractivity contribution is 0.260. The molecule has 0 aliphatic carbocycles. The van der Waals surface area contributed by atoms with E-state index in [-0.39, 0.29) is 0 Å². The van der Waals surface area contributed by atoms with E-state index in [9.17, 15) is 9.18 Å². The van der Waals surface area contributed by atoms with E-state index < -0.39 is 11.8 Å². The van der Waals surface area contributed by atoms with Crippen LogP contribution in [-0.2, 0) is 0 Å². The third kappa shape index (κ3) is 2.44. The third-order valence-corrected chi connectivity index (χ3v) is 2.76. The molecule has 1 aromatic heterocycles. The molecule has 2 aromatic carbocycles. The minimum atomic E-state index is -0.473. The van der Waals surface area contributed by atoms with Crippen LogP contribution in [0.3, 0.4) is 0 Å². The van der Waals surface area contributed by atoms with Gasteiger partial charge in [-0.15, -0.1) is 0 Å². The molecule has 2 N–H and O–H groups in total.